The first-order valence-corrected chi connectivity index (χ1v) is 19.7. The van der Waals surface area contributed by atoms with E-state index in [1.165, 1.54) is 54.9 Å². The molecule has 1 aliphatic rings. The van der Waals surface area contributed by atoms with Crippen LogP contribution in [-0.2, 0) is 6.42 Å². The molecule has 0 spiro atoms. The van der Waals surface area contributed by atoms with Crippen molar-refractivity contribution in [2.24, 2.45) is 0 Å². The van der Waals surface area contributed by atoms with Gasteiger partial charge in [0.2, 0.25) is 0 Å². The number of benzene rings is 8. The minimum atomic E-state index is 0.777. The normalized spacial score (nSPS) is 13.4. The number of para-hydroxylation sites is 3. The summed E-state index contributed by atoms with van der Waals surface area (Å²) in [5.41, 5.74) is 12.8. The highest BCUT2D eigenvalue weighted by Crippen LogP contribution is 2.32. The first-order chi connectivity index (χ1) is 28.2. The lowest BCUT2D eigenvalue weighted by Crippen LogP contribution is -2.27. The third kappa shape index (κ3) is 6.62. The zero-order chi connectivity index (χ0) is 38.1. The molecule has 10 rings (SSSR count). The van der Waals surface area contributed by atoms with Crippen molar-refractivity contribution < 1.29 is 0 Å². The number of aromatic nitrogens is 2. The predicted octanol–water partition coefficient (Wildman–Crippen LogP) is 12.0. The van der Waals surface area contributed by atoms with Crippen LogP contribution in [-0.4, -0.2) is 9.55 Å². The van der Waals surface area contributed by atoms with Crippen LogP contribution in [0.3, 0.4) is 0 Å². The Kier molecular flexibility index (Phi) is 8.85. The average Bonchev–Trinajstić information content (AvgIpc) is 3.47. The van der Waals surface area contributed by atoms with Crippen molar-refractivity contribution in [2.45, 2.75) is 12.8 Å². The van der Waals surface area contributed by atoms with Gasteiger partial charge in [-0.05, 0) is 126 Å². The maximum Gasteiger partial charge on any atom is 0.141 e. The second kappa shape index (κ2) is 14.7. The van der Waals surface area contributed by atoms with Gasteiger partial charge in [0, 0.05) is 5.69 Å². The summed E-state index contributed by atoms with van der Waals surface area (Å²) in [6.45, 7) is 4.71. The molecule has 9 aromatic rings. The number of hydrogen-bond donors (Lipinski definition) is 0. The molecule has 0 atom stereocenters. The lowest BCUT2D eigenvalue weighted by Gasteiger charge is -2.16. The van der Waals surface area contributed by atoms with Crippen LogP contribution in [0.2, 0.25) is 0 Å². The zero-order valence-electron chi connectivity index (χ0n) is 31.6. The fourth-order valence-corrected chi connectivity index (χ4v) is 8.37. The molecule has 2 nitrogen and oxygen atoms in total. The highest BCUT2D eigenvalue weighted by Gasteiger charge is 2.17. The Balaban J connectivity index is 1.09. The fourth-order valence-electron chi connectivity index (χ4n) is 8.37. The number of fused-ring (bicyclic) bond motifs is 3. The molecule has 270 valence electrons. The van der Waals surface area contributed by atoms with Gasteiger partial charge in [0.25, 0.3) is 0 Å². The summed E-state index contributed by atoms with van der Waals surface area (Å²) in [5, 5.41) is 7.10. The molecule has 0 saturated carbocycles. The van der Waals surface area contributed by atoms with Gasteiger partial charge in [-0.15, -0.1) is 0 Å². The molecule has 1 aromatic heterocycles. The molecule has 0 fully saturated rings. The van der Waals surface area contributed by atoms with E-state index >= 15 is 0 Å². The number of allylic oxidation sites excluding steroid dienone is 6. The Labute approximate surface area is 333 Å². The Morgan fingerprint density at radius 1 is 0.596 bits per heavy atom. The summed E-state index contributed by atoms with van der Waals surface area (Å²) in [6, 6.07) is 65.4. The lowest BCUT2D eigenvalue weighted by atomic mass is 9.87. The quantitative estimate of drug-likeness (QED) is 0.160. The zero-order valence-corrected chi connectivity index (χ0v) is 31.6. The second-order valence-corrected chi connectivity index (χ2v) is 14.8. The minimum absolute atomic E-state index is 0.777. The fraction of sp³-hybridized carbons (Fsp3) is 0.0364. The summed E-state index contributed by atoms with van der Waals surface area (Å²) in [4.78, 5) is 5.14. The molecule has 1 aliphatic carbocycles. The van der Waals surface area contributed by atoms with E-state index in [1.807, 2.05) is 0 Å². The smallest absolute Gasteiger partial charge is 0.141 e. The van der Waals surface area contributed by atoms with E-state index in [-0.39, 0.29) is 0 Å². The van der Waals surface area contributed by atoms with Gasteiger partial charge in [-0.2, -0.15) is 0 Å². The van der Waals surface area contributed by atoms with E-state index in [4.69, 9.17) is 11.6 Å². The molecule has 1 heterocycles. The van der Waals surface area contributed by atoms with Gasteiger partial charge in [0.1, 0.15) is 5.82 Å². The number of rotatable bonds is 7. The molecular formula is C55H40N2. The average molecular weight is 729 g/mol. The third-order valence-electron chi connectivity index (χ3n) is 11.2. The molecule has 0 aliphatic heterocycles. The first kappa shape index (κ1) is 34.2. The van der Waals surface area contributed by atoms with Crippen LogP contribution in [0, 0.1) is 0 Å². The molecule has 2 heteroatoms. The molecule has 0 radical (unpaired) electrons. The Morgan fingerprint density at radius 2 is 1.30 bits per heavy atom. The van der Waals surface area contributed by atoms with Gasteiger partial charge in [-0.3, -0.25) is 4.57 Å². The van der Waals surface area contributed by atoms with Gasteiger partial charge in [-0.1, -0.05) is 176 Å². The van der Waals surface area contributed by atoms with Crippen LogP contribution in [0.15, 0.2) is 206 Å². The van der Waals surface area contributed by atoms with E-state index in [0.29, 0.717) is 0 Å². The standard InChI is InChI=1S/C55H40N2/c1-38-34-46(42-19-13-20-43(30-28-42)55-56-52-24-11-12-25-53(52)57(55)49-21-3-2-4-22-49)32-33-50(38)54(48-31-29-41-15-6-8-17-45(41)37-48)51-23-10-9-18-47(51)36-39-26-27-40-14-5-7-16-44(40)35-39/h2-19,21-35,37H,1,20,36H2/b54-50-. The van der Waals surface area contributed by atoms with Gasteiger partial charge >= 0.3 is 0 Å². The molecule has 57 heavy (non-hydrogen) atoms. The SMILES string of the molecule is C=c1cc(C2=CC=C(c3nc4ccccc4n3-c3ccccc3)CC=C2)cc/c1=C(\c1ccc2ccccc2c1)c1ccccc1Cc1ccc2ccccc2c1. The van der Waals surface area contributed by atoms with Crippen molar-refractivity contribution in [3.05, 3.63) is 250 Å². The monoisotopic (exact) mass is 728 g/mol. The largest absolute Gasteiger partial charge is 0.293 e. The predicted molar refractivity (Wildman–Crippen MR) is 241 cm³/mol. The molecule has 0 amide bonds. The van der Waals surface area contributed by atoms with E-state index in [1.54, 1.807) is 0 Å². The lowest BCUT2D eigenvalue weighted by molar-refractivity contribution is 1.04. The highest BCUT2D eigenvalue weighted by atomic mass is 15.1. The van der Waals surface area contributed by atoms with Gasteiger partial charge in [0.05, 0.1) is 11.0 Å². The van der Waals surface area contributed by atoms with Crippen molar-refractivity contribution >= 4 is 55.9 Å². The molecule has 0 saturated heterocycles. The van der Waals surface area contributed by atoms with Crippen LogP contribution in [0.1, 0.15) is 40.1 Å². The van der Waals surface area contributed by atoms with E-state index in [0.717, 1.165) is 57.0 Å². The first-order valence-electron chi connectivity index (χ1n) is 19.7. The van der Waals surface area contributed by atoms with Crippen LogP contribution in [0.25, 0.3) is 61.6 Å². The van der Waals surface area contributed by atoms with Gasteiger partial charge in [0.15, 0.2) is 0 Å². The van der Waals surface area contributed by atoms with Gasteiger partial charge in [-0.25, -0.2) is 4.98 Å². The van der Waals surface area contributed by atoms with Crippen molar-refractivity contribution in [3.63, 3.8) is 0 Å². The van der Waals surface area contributed by atoms with E-state index < -0.39 is 0 Å². The highest BCUT2D eigenvalue weighted by molar-refractivity contribution is 5.91. The second-order valence-electron chi connectivity index (χ2n) is 14.8. The van der Waals surface area contributed by atoms with Crippen LogP contribution in [0.5, 0.6) is 0 Å². The Hall–Kier alpha value is -7.29. The molecule has 0 N–H and O–H groups in total. The minimum Gasteiger partial charge on any atom is -0.293 e. The van der Waals surface area contributed by atoms with E-state index in [9.17, 15) is 0 Å². The van der Waals surface area contributed by atoms with Crippen LogP contribution < -0.4 is 10.4 Å². The summed E-state index contributed by atoms with van der Waals surface area (Å²) in [6.07, 6.45) is 10.6. The summed E-state index contributed by atoms with van der Waals surface area (Å²) >= 11 is 0. The van der Waals surface area contributed by atoms with E-state index in [2.05, 4.69) is 211 Å². The molecule has 8 aromatic carbocycles. The summed E-state index contributed by atoms with van der Waals surface area (Å²) < 4.78 is 2.28. The maximum atomic E-state index is 5.14. The Bertz CT molecular complexity index is 3190. The number of hydrogen-bond acceptors (Lipinski definition) is 1. The van der Waals surface area contributed by atoms with Crippen LogP contribution in [0.4, 0.5) is 0 Å². The third-order valence-corrected chi connectivity index (χ3v) is 11.2. The van der Waals surface area contributed by atoms with Crippen molar-refractivity contribution in [1.82, 2.24) is 9.55 Å². The summed E-state index contributed by atoms with van der Waals surface area (Å²) in [7, 11) is 0. The van der Waals surface area contributed by atoms with Crippen molar-refractivity contribution in [2.75, 3.05) is 0 Å². The van der Waals surface area contributed by atoms with Crippen molar-refractivity contribution in [3.8, 4) is 5.69 Å². The van der Waals surface area contributed by atoms with Crippen molar-refractivity contribution in [1.29, 1.82) is 0 Å². The Morgan fingerprint density at radius 3 is 2.12 bits per heavy atom. The molecular weight excluding hydrogens is 689 g/mol. The molecule has 0 unspecified atom stereocenters. The number of imidazole rings is 1. The molecule has 0 bridgehead atoms. The summed E-state index contributed by atoms with van der Waals surface area (Å²) in [5.74, 6) is 0.967. The van der Waals surface area contributed by atoms with Gasteiger partial charge < -0.3 is 0 Å². The maximum absolute atomic E-state index is 5.14. The van der Waals surface area contributed by atoms with Crippen LogP contribution >= 0.6 is 0 Å². The number of nitrogens with zero attached hydrogens (tertiary/aromatic N) is 2. The topological polar surface area (TPSA) is 17.8 Å².